The van der Waals surface area contributed by atoms with Crippen molar-refractivity contribution in [1.82, 2.24) is 10.6 Å². The lowest BCUT2D eigenvalue weighted by Gasteiger charge is -2.17. The van der Waals surface area contributed by atoms with Gasteiger partial charge in [-0.15, -0.1) is 0 Å². The maximum Gasteiger partial charge on any atom is 0.191 e. The number of hydrogen-bond donors (Lipinski definition) is 2. The van der Waals surface area contributed by atoms with Crippen LogP contribution in [0.3, 0.4) is 0 Å². The van der Waals surface area contributed by atoms with Crippen molar-refractivity contribution < 1.29 is 9.13 Å². The van der Waals surface area contributed by atoms with Crippen molar-refractivity contribution in [3.8, 4) is 5.75 Å². The summed E-state index contributed by atoms with van der Waals surface area (Å²) in [4.78, 5) is 4.04. The quantitative estimate of drug-likeness (QED) is 0.643. The maximum atomic E-state index is 14.0. The van der Waals surface area contributed by atoms with Gasteiger partial charge < -0.3 is 15.4 Å². The molecule has 1 fully saturated rings. The number of benzene rings is 1. The zero-order valence-electron chi connectivity index (χ0n) is 12.2. The zero-order chi connectivity index (χ0) is 14.5. The van der Waals surface area contributed by atoms with E-state index in [1.807, 2.05) is 13.0 Å². The summed E-state index contributed by atoms with van der Waals surface area (Å²) in [5, 5.41) is 6.11. The Balaban J connectivity index is 1.99. The smallest absolute Gasteiger partial charge is 0.191 e. The first kappa shape index (κ1) is 14.6. The van der Waals surface area contributed by atoms with Gasteiger partial charge in [-0.1, -0.05) is 6.07 Å². The van der Waals surface area contributed by atoms with Crippen LogP contribution in [0.5, 0.6) is 5.75 Å². The van der Waals surface area contributed by atoms with Crippen LogP contribution in [-0.2, 0) is 0 Å². The Morgan fingerprint density at radius 2 is 2.25 bits per heavy atom. The molecule has 2 N–H and O–H groups in total. The second-order valence-electron chi connectivity index (χ2n) is 5.13. The first-order chi connectivity index (χ1) is 9.63. The number of nitrogens with zero attached hydrogens (tertiary/aromatic N) is 1. The van der Waals surface area contributed by atoms with Crippen LogP contribution < -0.4 is 15.4 Å². The second-order valence-corrected chi connectivity index (χ2v) is 5.13. The van der Waals surface area contributed by atoms with Crippen LogP contribution in [0.15, 0.2) is 23.2 Å². The van der Waals surface area contributed by atoms with Gasteiger partial charge in [0.05, 0.1) is 12.6 Å². The summed E-state index contributed by atoms with van der Waals surface area (Å²) >= 11 is 0. The lowest BCUT2D eigenvalue weighted by atomic mass is 10.1. The minimum atomic E-state index is -0.309. The van der Waals surface area contributed by atoms with E-state index >= 15 is 0 Å². The largest absolute Gasteiger partial charge is 0.490 e. The van der Waals surface area contributed by atoms with Gasteiger partial charge in [-0.25, -0.2) is 4.39 Å². The van der Waals surface area contributed by atoms with Crippen LogP contribution in [0, 0.1) is 11.7 Å². The van der Waals surface area contributed by atoms with Crippen molar-refractivity contribution in [3.63, 3.8) is 0 Å². The van der Waals surface area contributed by atoms with Crippen LogP contribution in [-0.4, -0.2) is 26.7 Å². The van der Waals surface area contributed by atoms with E-state index in [0.29, 0.717) is 24.2 Å². The minimum absolute atomic E-state index is 0.0341. The van der Waals surface area contributed by atoms with Crippen molar-refractivity contribution in [3.05, 3.63) is 29.6 Å². The second kappa shape index (κ2) is 6.59. The SMILES string of the molecule is CN=C(NC)N[C@@H](C)c1ccc(OCC2CC2)c(F)c1. The summed E-state index contributed by atoms with van der Waals surface area (Å²) in [5.41, 5.74) is 0.859. The molecule has 0 bridgehead atoms. The summed E-state index contributed by atoms with van der Waals surface area (Å²) in [6.45, 7) is 2.58. The van der Waals surface area contributed by atoms with Crippen LogP contribution in [0.25, 0.3) is 0 Å². The highest BCUT2D eigenvalue weighted by atomic mass is 19.1. The van der Waals surface area contributed by atoms with E-state index in [0.717, 1.165) is 5.56 Å². The molecule has 0 saturated heterocycles. The maximum absolute atomic E-state index is 14.0. The molecule has 2 rings (SSSR count). The van der Waals surface area contributed by atoms with Gasteiger partial charge in [0.25, 0.3) is 0 Å². The standard InChI is InChI=1S/C15H22FN3O/c1-10(19-15(17-2)18-3)12-6-7-14(13(16)8-12)20-9-11-4-5-11/h6-8,10-11H,4-5,9H2,1-3H3,(H2,17,18,19)/t10-/m0/s1. The molecule has 5 heteroatoms. The molecule has 0 spiro atoms. The van der Waals surface area contributed by atoms with Crippen molar-refractivity contribution in [2.45, 2.75) is 25.8 Å². The Morgan fingerprint density at radius 1 is 1.50 bits per heavy atom. The van der Waals surface area contributed by atoms with Crippen LogP contribution >= 0.6 is 0 Å². The average Bonchev–Trinajstić information content (AvgIpc) is 3.27. The molecule has 110 valence electrons. The topological polar surface area (TPSA) is 45.7 Å². The zero-order valence-corrected chi connectivity index (χ0v) is 12.2. The van der Waals surface area contributed by atoms with Gasteiger partial charge in [0.1, 0.15) is 0 Å². The number of aliphatic imine (C=N–C) groups is 1. The van der Waals surface area contributed by atoms with Crippen LogP contribution in [0.1, 0.15) is 31.4 Å². The predicted molar refractivity (Wildman–Crippen MR) is 78.6 cm³/mol. The summed E-state index contributed by atoms with van der Waals surface area (Å²) in [7, 11) is 3.48. The Hall–Kier alpha value is -1.78. The Bertz CT molecular complexity index is 486. The Kier molecular flexibility index (Phi) is 4.82. The monoisotopic (exact) mass is 279 g/mol. The third kappa shape index (κ3) is 3.85. The molecule has 0 heterocycles. The van der Waals surface area contributed by atoms with Crippen LogP contribution in [0.2, 0.25) is 0 Å². The molecular formula is C15H22FN3O. The summed E-state index contributed by atoms with van der Waals surface area (Å²) in [5.74, 6) is 1.32. The minimum Gasteiger partial charge on any atom is -0.490 e. The highest BCUT2D eigenvalue weighted by Gasteiger charge is 2.22. The molecule has 20 heavy (non-hydrogen) atoms. The van der Waals surface area contributed by atoms with Gasteiger partial charge in [0.15, 0.2) is 17.5 Å². The van der Waals surface area contributed by atoms with Crippen molar-refractivity contribution in [2.75, 3.05) is 20.7 Å². The number of halogens is 1. The van der Waals surface area contributed by atoms with E-state index < -0.39 is 0 Å². The molecule has 1 aromatic rings. The predicted octanol–water partition coefficient (Wildman–Crippen LogP) is 2.47. The normalized spacial score (nSPS) is 16.7. The number of rotatable bonds is 5. The summed E-state index contributed by atoms with van der Waals surface area (Å²) in [6.07, 6.45) is 2.40. The van der Waals surface area contributed by atoms with Gasteiger partial charge in [-0.3, -0.25) is 4.99 Å². The molecule has 0 aromatic heterocycles. The number of guanidine groups is 1. The third-order valence-corrected chi connectivity index (χ3v) is 3.44. The van der Waals surface area contributed by atoms with E-state index in [1.54, 1.807) is 20.2 Å². The molecule has 1 saturated carbocycles. The first-order valence-electron chi connectivity index (χ1n) is 6.97. The Morgan fingerprint density at radius 3 is 2.80 bits per heavy atom. The van der Waals surface area contributed by atoms with E-state index in [1.165, 1.54) is 18.9 Å². The average molecular weight is 279 g/mol. The highest BCUT2D eigenvalue weighted by molar-refractivity contribution is 5.79. The van der Waals surface area contributed by atoms with Gasteiger partial charge in [-0.05, 0) is 43.4 Å². The van der Waals surface area contributed by atoms with Gasteiger partial charge in [-0.2, -0.15) is 0 Å². The highest BCUT2D eigenvalue weighted by Crippen LogP contribution is 2.30. The number of hydrogen-bond acceptors (Lipinski definition) is 2. The fourth-order valence-electron chi connectivity index (χ4n) is 1.93. The number of ether oxygens (including phenoxy) is 1. The number of nitrogens with one attached hydrogen (secondary N) is 2. The van der Waals surface area contributed by atoms with E-state index in [9.17, 15) is 4.39 Å². The fourth-order valence-corrected chi connectivity index (χ4v) is 1.93. The molecule has 1 aliphatic rings. The van der Waals surface area contributed by atoms with Crippen molar-refractivity contribution in [1.29, 1.82) is 0 Å². The lowest BCUT2D eigenvalue weighted by molar-refractivity contribution is 0.285. The summed E-state index contributed by atoms with van der Waals surface area (Å²) in [6, 6.07) is 5.07. The third-order valence-electron chi connectivity index (χ3n) is 3.44. The molecular weight excluding hydrogens is 257 g/mol. The van der Waals surface area contributed by atoms with Crippen molar-refractivity contribution in [2.24, 2.45) is 10.9 Å². The molecule has 0 aliphatic heterocycles. The summed E-state index contributed by atoms with van der Waals surface area (Å²) < 4.78 is 19.5. The molecule has 1 atom stereocenters. The van der Waals surface area contributed by atoms with Crippen molar-refractivity contribution >= 4 is 5.96 Å². The lowest BCUT2D eigenvalue weighted by Crippen LogP contribution is -2.36. The van der Waals surface area contributed by atoms with Gasteiger partial charge >= 0.3 is 0 Å². The molecule has 1 aliphatic carbocycles. The van der Waals surface area contributed by atoms with Gasteiger partial charge in [0.2, 0.25) is 0 Å². The van der Waals surface area contributed by atoms with E-state index in [-0.39, 0.29) is 11.9 Å². The van der Waals surface area contributed by atoms with E-state index in [4.69, 9.17) is 4.74 Å². The first-order valence-corrected chi connectivity index (χ1v) is 6.97. The molecule has 1 aromatic carbocycles. The Labute approximate surface area is 119 Å². The van der Waals surface area contributed by atoms with E-state index in [2.05, 4.69) is 15.6 Å². The molecule has 0 amide bonds. The molecule has 0 radical (unpaired) electrons. The fraction of sp³-hybridized carbons (Fsp3) is 0.533. The molecule has 4 nitrogen and oxygen atoms in total. The van der Waals surface area contributed by atoms with Crippen LogP contribution in [0.4, 0.5) is 4.39 Å². The van der Waals surface area contributed by atoms with Gasteiger partial charge in [0, 0.05) is 14.1 Å². The molecule has 0 unspecified atom stereocenters.